The van der Waals surface area contributed by atoms with Gasteiger partial charge in [0.15, 0.2) is 0 Å². The first-order valence-electron chi connectivity index (χ1n) is 4.71. The second kappa shape index (κ2) is 2.28. The Hall–Kier alpha value is -1.44. The van der Waals surface area contributed by atoms with E-state index >= 15 is 0 Å². The number of hydrogen-bond donors (Lipinski definition) is 1. The maximum atomic E-state index is 5.72. The summed E-state index contributed by atoms with van der Waals surface area (Å²) in [6.45, 7) is 0. The maximum Gasteiger partial charge on any atom is 0.0484 e. The molecule has 1 fully saturated rings. The van der Waals surface area contributed by atoms with Gasteiger partial charge in [-0.15, -0.1) is 0 Å². The van der Waals surface area contributed by atoms with Crippen molar-refractivity contribution < 1.29 is 0 Å². The van der Waals surface area contributed by atoms with Crippen LogP contribution >= 0.6 is 0 Å². The van der Waals surface area contributed by atoms with Crippen molar-refractivity contribution in [3.05, 3.63) is 30.5 Å². The molecule has 66 valence electrons. The minimum atomic E-state index is 0.751. The Morgan fingerprint density at radius 1 is 1.23 bits per heavy atom. The summed E-state index contributed by atoms with van der Waals surface area (Å²) >= 11 is 0. The number of aromatic nitrogens is 1. The summed E-state index contributed by atoms with van der Waals surface area (Å²) < 4.78 is 2.36. The molecular weight excluding hydrogens is 160 g/mol. The zero-order chi connectivity index (χ0) is 8.84. The van der Waals surface area contributed by atoms with Crippen molar-refractivity contribution in [2.24, 2.45) is 0 Å². The van der Waals surface area contributed by atoms with E-state index in [1.165, 1.54) is 23.7 Å². The summed E-state index contributed by atoms with van der Waals surface area (Å²) in [5.41, 5.74) is 7.88. The topological polar surface area (TPSA) is 30.9 Å². The highest BCUT2D eigenvalue weighted by molar-refractivity contribution is 5.83. The van der Waals surface area contributed by atoms with Crippen LogP contribution < -0.4 is 5.73 Å². The van der Waals surface area contributed by atoms with Crippen molar-refractivity contribution in [2.45, 2.75) is 18.9 Å². The molecule has 3 rings (SSSR count). The highest BCUT2D eigenvalue weighted by Crippen LogP contribution is 2.37. The molecule has 1 aliphatic carbocycles. The molecule has 0 atom stereocenters. The Bertz CT molecular complexity index is 452. The number of nitrogens with two attached hydrogens (primary N) is 1. The second-order valence-corrected chi connectivity index (χ2v) is 3.77. The Labute approximate surface area is 77.0 Å². The number of hydrogen-bond acceptors (Lipinski definition) is 1. The van der Waals surface area contributed by atoms with Crippen LogP contribution in [0.5, 0.6) is 0 Å². The van der Waals surface area contributed by atoms with Gasteiger partial charge < -0.3 is 10.3 Å². The summed E-state index contributed by atoms with van der Waals surface area (Å²) in [7, 11) is 0. The summed E-state index contributed by atoms with van der Waals surface area (Å²) in [6.07, 6.45) is 4.82. The number of anilines is 1. The van der Waals surface area contributed by atoms with E-state index in [1.807, 2.05) is 12.1 Å². The highest BCUT2D eigenvalue weighted by atomic mass is 15.0. The third kappa shape index (κ3) is 1.02. The van der Waals surface area contributed by atoms with E-state index in [2.05, 4.69) is 22.9 Å². The van der Waals surface area contributed by atoms with Gasteiger partial charge in [0, 0.05) is 28.8 Å². The molecule has 0 radical (unpaired) electrons. The van der Waals surface area contributed by atoms with Crippen LogP contribution in [0.2, 0.25) is 0 Å². The molecule has 0 bridgehead atoms. The van der Waals surface area contributed by atoms with Crippen molar-refractivity contribution in [1.29, 1.82) is 0 Å². The van der Waals surface area contributed by atoms with E-state index in [1.54, 1.807) is 0 Å². The first-order valence-corrected chi connectivity index (χ1v) is 4.71. The first-order chi connectivity index (χ1) is 6.34. The summed E-state index contributed by atoms with van der Waals surface area (Å²) in [5, 5.41) is 1.26. The zero-order valence-electron chi connectivity index (χ0n) is 7.40. The third-order valence-corrected chi connectivity index (χ3v) is 2.68. The van der Waals surface area contributed by atoms with Gasteiger partial charge in [0.25, 0.3) is 0 Å². The van der Waals surface area contributed by atoms with E-state index in [0.717, 1.165) is 11.7 Å². The summed E-state index contributed by atoms with van der Waals surface area (Å²) in [4.78, 5) is 0. The Kier molecular flexibility index (Phi) is 1.23. The van der Waals surface area contributed by atoms with Gasteiger partial charge in [-0.25, -0.2) is 0 Å². The molecule has 0 saturated heterocycles. The maximum absolute atomic E-state index is 5.72. The second-order valence-electron chi connectivity index (χ2n) is 3.77. The molecule has 1 saturated carbocycles. The molecule has 1 aliphatic rings. The first kappa shape index (κ1) is 7.01. The average Bonchev–Trinajstić information content (AvgIpc) is 2.87. The molecule has 2 N–H and O–H groups in total. The fourth-order valence-corrected chi connectivity index (χ4v) is 1.85. The normalized spacial score (nSPS) is 16.6. The predicted octanol–water partition coefficient (Wildman–Crippen LogP) is 2.56. The van der Waals surface area contributed by atoms with E-state index < -0.39 is 0 Å². The SMILES string of the molecule is Nc1ccc2c(ccn2C2CC2)c1. The standard InChI is InChI=1S/C11H12N2/c12-9-1-4-11-8(7-9)5-6-13(11)10-2-3-10/h1,4-7,10H,2-3,12H2. The summed E-state index contributed by atoms with van der Waals surface area (Å²) in [5.74, 6) is 0. The lowest BCUT2D eigenvalue weighted by Gasteiger charge is -2.01. The molecule has 0 unspecified atom stereocenters. The third-order valence-electron chi connectivity index (χ3n) is 2.68. The Morgan fingerprint density at radius 2 is 2.08 bits per heavy atom. The van der Waals surface area contributed by atoms with Crippen LogP contribution in [0.4, 0.5) is 5.69 Å². The van der Waals surface area contributed by atoms with Gasteiger partial charge in [0.2, 0.25) is 0 Å². The van der Waals surface area contributed by atoms with Crippen molar-refractivity contribution in [3.8, 4) is 0 Å². The quantitative estimate of drug-likeness (QED) is 0.658. The molecule has 2 heteroatoms. The van der Waals surface area contributed by atoms with Crippen molar-refractivity contribution in [1.82, 2.24) is 4.57 Å². The highest BCUT2D eigenvalue weighted by Gasteiger charge is 2.23. The van der Waals surface area contributed by atoms with E-state index in [0.29, 0.717) is 0 Å². The molecule has 0 amide bonds. The lowest BCUT2D eigenvalue weighted by atomic mass is 10.2. The molecular formula is C11H12N2. The number of benzene rings is 1. The monoisotopic (exact) mass is 172 g/mol. The number of nitrogen functional groups attached to an aromatic ring is 1. The largest absolute Gasteiger partial charge is 0.399 e. The lowest BCUT2D eigenvalue weighted by molar-refractivity contribution is 0.776. The zero-order valence-corrected chi connectivity index (χ0v) is 7.40. The van der Waals surface area contributed by atoms with Gasteiger partial charge in [0.05, 0.1) is 0 Å². The van der Waals surface area contributed by atoms with E-state index in [9.17, 15) is 0 Å². The molecule has 1 heterocycles. The molecule has 0 aliphatic heterocycles. The van der Waals surface area contributed by atoms with Crippen LogP contribution in [0, 0.1) is 0 Å². The fraction of sp³-hybridized carbons (Fsp3) is 0.273. The van der Waals surface area contributed by atoms with Crippen molar-refractivity contribution >= 4 is 16.6 Å². The van der Waals surface area contributed by atoms with Gasteiger partial charge >= 0.3 is 0 Å². The van der Waals surface area contributed by atoms with Gasteiger partial charge in [-0.3, -0.25) is 0 Å². The lowest BCUT2D eigenvalue weighted by Crippen LogP contribution is -1.90. The average molecular weight is 172 g/mol. The van der Waals surface area contributed by atoms with E-state index in [-0.39, 0.29) is 0 Å². The molecule has 1 aromatic heterocycles. The molecule has 13 heavy (non-hydrogen) atoms. The van der Waals surface area contributed by atoms with Gasteiger partial charge in [0.1, 0.15) is 0 Å². The van der Waals surface area contributed by atoms with Crippen LogP contribution in [0.15, 0.2) is 30.5 Å². The molecule has 2 nitrogen and oxygen atoms in total. The van der Waals surface area contributed by atoms with E-state index in [4.69, 9.17) is 5.73 Å². The Balaban J connectivity index is 2.26. The van der Waals surface area contributed by atoms with Crippen LogP contribution in [-0.2, 0) is 0 Å². The number of fused-ring (bicyclic) bond motifs is 1. The minimum absolute atomic E-state index is 0.751. The smallest absolute Gasteiger partial charge is 0.0484 e. The predicted molar refractivity (Wildman–Crippen MR) is 54.6 cm³/mol. The molecule has 2 aromatic rings. The van der Waals surface area contributed by atoms with Crippen molar-refractivity contribution in [3.63, 3.8) is 0 Å². The fourth-order valence-electron chi connectivity index (χ4n) is 1.85. The molecule has 0 spiro atoms. The number of rotatable bonds is 1. The van der Waals surface area contributed by atoms with Crippen LogP contribution in [0.1, 0.15) is 18.9 Å². The van der Waals surface area contributed by atoms with Gasteiger partial charge in [-0.1, -0.05) is 0 Å². The summed E-state index contributed by atoms with van der Waals surface area (Å²) in [6, 6.07) is 9.02. The number of nitrogens with zero attached hydrogens (tertiary/aromatic N) is 1. The molecule has 1 aromatic carbocycles. The van der Waals surface area contributed by atoms with Gasteiger partial charge in [-0.2, -0.15) is 0 Å². The van der Waals surface area contributed by atoms with Crippen LogP contribution in [0.25, 0.3) is 10.9 Å². The van der Waals surface area contributed by atoms with Crippen LogP contribution in [-0.4, -0.2) is 4.57 Å². The van der Waals surface area contributed by atoms with Gasteiger partial charge in [-0.05, 0) is 37.1 Å². The minimum Gasteiger partial charge on any atom is -0.399 e. The van der Waals surface area contributed by atoms with Crippen molar-refractivity contribution in [2.75, 3.05) is 5.73 Å². The Morgan fingerprint density at radius 3 is 2.85 bits per heavy atom. The van der Waals surface area contributed by atoms with Crippen LogP contribution in [0.3, 0.4) is 0 Å².